The Balaban J connectivity index is 1.69. The highest BCUT2D eigenvalue weighted by Gasteiger charge is 2.11. The third-order valence-electron chi connectivity index (χ3n) is 3.34. The van der Waals surface area contributed by atoms with Gasteiger partial charge >= 0.3 is 12.6 Å². The number of aromatic nitrogens is 3. The number of hydrogen-bond donors (Lipinski definition) is 0. The number of carbonyl (C=O) groups is 1. The lowest BCUT2D eigenvalue weighted by molar-refractivity contribution is -0.138. The summed E-state index contributed by atoms with van der Waals surface area (Å²) in [7, 11) is 0. The largest absolute Gasteiger partial charge is 0.455 e. The Hall–Kier alpha value is -2.66. The van der Waals surface area contributed by atoms with Gasteiger partial charge in [0.2, 0.25) is 4.96 Å². The van der Waals surface area contributed by atoms with Crippen LogP contribution >= 0.6 is 27.3 Å². The highest BCUT2D eigenvalue weighted by Crippen LogP contribution is 2.26. The number of ether oxygens (including phenoxy) is 2. The molecule has 3 rings (SSSR count). The number of esters is 1. The number of halogens is 3. The Morgan fingerprint density at radius 3 is 2.93 bits per heavy atom. The first kappa shape index (κ1) is 20.1. The molecule has 0 fully saturated rings. The molecule has 1 aromatic carbocycles. The molecular weight excluding hydrogens is 460 g/mol. The third-order valence-corrected chi connectivity index (χ3v) is 4.71. The van der Waals surface area contributed by atoms with Gasteiger partial charge < -0.3 is 9.47 Å². The van der Waals surface area contributed by atoms with Crippen LogP contribution < -0.4 is 10.3 Å². The van der Waals surface area contributed by atoms with Crippen LogP contribution in [0.2, 0.25) is 0 Å². The first-order chi connectivity index (χ1) is 13.3. The number of aryl methyl sites for hydroxylation is 1. The summed E-state index contributed by atoms with van der Waals surface area (Å²) < 4.78 is 36.2. The molecule has 28 heavy (non-hydrogen) atoms. The predicted molar refractivity (Wildman–Crippen MR) is 101 cm³/mol. The molecule has 146 valence electrons. The molecule has 0 N–H and O–H groups in total. The monoisotopic (exact) mass is 471 g/mol. The summed E-state index contributed by atoms with van der Waals surface area (Å²) in [5, 5.41) is 4.44. The lowest BCUT2D eigenvalue weighted by Crippen LogP contribution is -2.14. The van der Waals surface area contributed by atoms with Crippen molar-refractivity contribution in [3.63, 3.8) is 0 Å². The van der Waals surface area contributed by atoms with Crippen molar-refractivity contribution in [1.29, 1.82) is 0 Å². The van der Waals surface area contributed by atoms with Crippen molar-refractivity contribution in [2.45, 2.75) is 20.1 Å². The minimum atomic E-state index is -2.99. The van der Waals surface area contributed by atoms with Gasteiger partial charge in [-0.3, -0.25) is 4.79 Å². The van der Waals surface area contributed by atoms with Gasteiger partial charge in [-0.05, 0) is 31.2 Å². The van der Waals surface area contributed by atoms with Gasteiger partial charge in [0.25, 0.3) is 5.56 Å². The summed E-state index contributed by atoms with van der Waals surface area (Å²) in [5.41, 5.74) is 0.520. The lowest BCUT2D eigenvalue weighted by atomic mass is 10.2. The van der Waals surface area contributed by atoms with E-state index in [1.807, 2.05) is 0 Å². The van der Waals surface area contributed by atoms with Crippen LogP contribution in [0.15, 0.2) is 39.6 Å². The molecule has 3 aromatic rings. The Labute approximate surface area is 169 Å². The van der Waals surface area contributed by atoms with E-state index in [1.54, 1.807) is 6.92 Å². The molecule has 0 spiro atoms. The molecule has 0 radical (unpaired) electrons. The van der Waals surface area contributed by atoms with E-state index in [0.29, 0.717) is 20.1 Å². The molecule has 0 unspecified atom stereocenters. The second-order valence-corrected chi connectivity index (χ2v) is 7.38. The molecule has 0 amide bonds. The first-order valence-electron chi connectivity index (χ1n) is 7.77. The summed E-state index contributed by atoms with van der Waals surface area (Å²) in [6.07, 6.45) is 2.39. The van der Waals surface area contributed by atoms with E-state index < -0.39 is 12.6 Å². The van der Waals surface area contributed by atoms with Gasteiger partial charge in [0.1, 0.15) is 12.4 Å². The normalized spacial score (nSPS) is 11.5. The molecule has 2 aromatic heterocycles. The number of alkyl halides is 2. The number of benzene rings is 1. The van der Waals surface area contributed by atoms with E-state index in [0.717, 1.165) is 21.9 Å². The van der Waals surface area contributed by atoms with Crippen molar-refractivity contribution in [2.24, 2.45) is 0 Å². The van der Waals surface area contributed by atoms with Crippen molar-refractivity contribution in [1.82, 2.24) is 14.6 Å². The van der Waals surface area contributed by atoms with Gasteiger partial charge in [-0.25, -0.2) is 9.78 Å². The maximum Gasteiger partial charge on any atom is 0.387 e. The molecule has 11 heteroatoms. The summed E-state index contributed by atoms with van der Waals surface area (Å²) >= 11 is 4.35. The van der Waals surface area contributed by atoms with Gasteiger partial charge in [0.05, 0.1) is 0 Å². The SMILES string of the molecule is Cc1cc(=O)n2nc(COC(=O)/C=C/c3cc(Br)ccc3OC(F)F)sc2n1. The van der Waals surface area contributed by atoms with E-state index in [4.69, 9.17) is 4.74 Å². The fourth-order valence-electron chi connectivity index (χ4n) is 2.21. The standard InChI is InChI=1S/C17H12BrF2N3O4S/c1-9-6-14(24)23-17(21-9)28-13(22-23)8-26-15(25)5-2-10-7-11(18)3-4-12(10)27-16(19)20/h2-7,16H,8H2,1H3/b5-2+. The zero-order chi connectivity index (χ0) is 20.3. The van der Waals surface area contributed by atoms with Crippen LogP contribution in [0, 0.1) is 6.92 Å². The molecule has 0 aliphatic heterocycles. The fourth-order valence-corrected chi connectivity index (χ4v) is 3.45. The maximum atomic E-state index is 12.5. The fraction of sp³-hybridized carbons (Fsp3) is 0.176. The number of rotatable bonds is 6. The van der Waals surface area contributed by atoms with Crippen LogP contribution in [0.1, 0.15) is 16.3 Å². The van der Waals surface area contributed by atoms with E-state index in [2.05, 4.69) is 30.7 Å². The number of fused-ring (bicyclic) bond motifs is 1. The molecule has 0 aliphatic rings. The average Bonchev–Trinajstić information content (AvgIpc) is 3.03. The van der Waals surface area contributed by atoms with Crippen LogP contribution in [0.25, 0.3) is 11.0 Å². The van der Waals surface area contributed by atoms with E-state index in [1.165, 1.54) is 30.3 Å². The van der Waals surface area contributed by atoms with E-state index in [-0.39, 0.29) is 23.5 Å². The molecule has 2 heterocycles. The molecular formula is C17H12BrF2N3O4S. The minimum absolute atomic E-state index is 0.0748. The maximum absolute atomic E-state index is 12.5. The average molecular weight is 472 g/mol. The third kappa shape index (κ3) is 4.98. The van der Waals surface area contributed by atoms with Crippen LogP contribution in [0.3, 0.4) is 0 Å². The Kier molecular flexibility index (Phi) is 6.15. The van der Waals surface area contributed by atoms with Crippen LogP contribution in [-0.4, -0.2) is 27.2 Å². The van der Waals surface area contributed by atoms with Gasteiger partial charge in [0, 0.05) is 27.9 Å². The molecule has 7 nitrogen and oxygen atoms in total. The zero-order valence-corrected chi connectivity index (χ0v) is 16.7. The van der Waals surface area contributed by atoms with Gasteiger partial charge in [-0.2, -0.15) is 18.4 Å². The Morgan fingerprint density at radius 2 is 2.18 bits per heavy atom. The minimum Gasteiger partial charge on any atom is -0.455 e. The number of carbonyl (C=O) groups excluding carboxylic acids is 1. The second-order valence-electron chi connectivity index (χ2n) is 5.43. The molecule has 0 atom stereocenters. The summed E-state index contributed by atoms with van der Waals surface area (Å²) in [5.74, 6) is -0.784. The van der Waals surface area contributed by atoms with E-state index in [9.17, 15) is 18.4 Å². The first-order valence-corrected chi connectivity index (χ1v) is 9.38. The van der Waals surface area contributed by atoms with Crippen molar-refractivity contribution in [3.05, 3.63) is 61.4 Å². The lowest BCUT2D eigenvalue weighted by Gasteiger charge is -2.08. The van der Waals surface area contributed by atoms with Crippen LogP contribution in [0.4, 0.5) is 8.78 Å². The number of nitrogens with zero attached hydrogens (tertiary/aromatic N) is 3. The number of hydrogen-bond acceptors (Lipinski definition) is 7. The van der Waals surface area contributed by atoms with Gasteiger partial charge in [0.15, 0.2) is 5.01 Å². The van der Waals surface area contributed by atoms with Crippen molar-refractivity contribution >= 4 is 44.3 Å². The topological polar surface area (TPSA) is 82.8 Å². The summed E-state index contributed by atoms with van der Waals surface area (Å²) in [6.45, 7) is -1.45. The van der Waals surface area contributed by atoms with Gasteiger partial charge in [-0.15, -0.1) is 0 Å². The molecule has 0 aliphatic carbocycles. The van der Waals surface area contributed by atoms with Crippen molar-refractivity contribution in [3.8, 4) is 5.75 Å². The predicted octanol–water partition coefficient (Wildman–Crippen LogP) is 3.58. The molecule has 0 bridgehead atoms. The van der Waals surface area contributed by atoms with Crippen molar-refractivity contribution < 1.29 is 23.0 Å². The summed E-state index contributed by atoms with van der Waals surface area (Å²) in [6, 6.07) is 5.77. The Bertz CT molecular complexity index is 1110. The highest BCUT2D eigenvalue weighted by molar-refractivity contribution is 9.10. The second kappa shape index (κ2) is 8.57. The van der Waals surface area contributed by atoms with Gasteiger partial charge in [-0.1, -0.05) is 27.3 Å². The molecule has 0 saturated heterocycles. The van der Waals surface area contributed by atoms with Crippen molar-refractivity contribution in [2.75, 3.05) is 0 Å². The summed E-state index contributed by atoms with van der Waals surface area (Å²) in [4.78, 5) is 28.3. The van der Waals surface area contributed by atoms with E-state index >= 15 is 0 Å². The van der Waals surface area contributed by atoms with Crippen LogP contribution in [-0.2, 0) is 16.1 Å². The smallest absolute Gasteiger partial charge is 0.387 e. The zero-order valence-electron chi connectivity index (χ0n) is 14.3. The quantitative estimate of drug-likeness (QED) is 0.403. The Morgan fingerprint density at radius 1 is 1.39 bits per heavy atom. The van der Waals surface area contributed by atoms with Crippen LogP contribution in [0.5, 0.6) is 5.75 Å². The highest BCUT2D eigenvalue weighted by atomic mass is 79.9. The molecule has 0 saturated carbocycles.